The van der Waals surface area contributed by atoms with E-state index in [0.29, 0.717) is 28.3 Å². The Labute approximate surface area is 162 Å². The van der Waals surface area contributed by atoms with Crippen LogP contribution in [-0.4, -0.2) is 29.9 Å². The third kappa shape index (κ3) is 4.63. The number of hydrogen-bond donors (Lipinski definition) is 2. The van der Waals surface area contributed by atoms with Crippen molar-refractivity contribution >= 4 is 34.3 Å². The lowest BCUT2D eigenvalue weighted by atomic mass is 10.0. The van der Waals surface area contributed by atoms with Gasteiger partial charge in [-0.25, -0.2) is 4.98 Å². The Kier molecular flexibility index (Phi) is 6.04. The highest BCUT2D eigenvalue weighted by Crippen LogP contribution is 2.25. The van der Waals surface area contributed by atoms with Gasteiger partial charge in [0.2, 0.25) is 5.91 Å². The van der Waals surface area contributed by atoms with E-state index in [9.17, 15) is 9.59 Å². The number of pyridine rings is 1. The molecule has 0 saturated heterocycles. The van der Waals surface area contributed by atoms with Gasteiger partial charge in [-0.05, 0) is 30.7 Å². The molecule has 1 aromatic heterocycles. The van der Waals surface area contributed by atoms with Gasteiger partial charge in [-0.3, -0.25) is 9.59 Å². The van der Waals surface area contributed by atoms with E-state index in [1.165, 1.54) is 0 Å². The van der Waals surface area contributed by atoms with Crippen LogP contribution in [-0.2, 0) is 4.79 Å². The molecule has 0 aliphatic carbocycles. The molecule has 2 aromatic carbocycles. The number of rotatable bonds is 6. The third-order valence-electron chi connectivity index (χ3n) is 4.08. The second-order valence-electron chi connectivity index (χ2n) is 6.11. The number of fused-ring (bicyclic) bond motifs is 1. The first-order valence-corrected chi connectivity index (χ1v) is 9.17. The lowest BCUT2D eigenvalue weighted by molar-refractivity contribution is -0.120. The van der Waals surface area contributed by atoms with E-state index < -0.39 is 0 Å². The van der Waals surface area contributed by atoms with Crippen LogP contribution < -0.4 is 10.6 Å². The molecule has 0 aliphatic heterocycles. The van der Waals surface area contributed by atoms with E-state index in [2.05, 4.69) is 15.6 Å². The number of amides is 2. The first-order chi connectivity index (χ1) is 13.1. The van der Waals surface area contributed by atoms with Crippen LogP contribution in [0.3, 0.4) is 0 Å². The number of carbonyl (C=O) groups excluding carboxylic acids is 2. The molecule has 0 fully saturated rings. The van der Waals surface area contributed by atoms with Crippen LogP contribution in [0, 0.1) is 0 Å². The number of aromatic nitrogens is 1. The minimum Gasteiger partial charge on any atom is -0.355 e. The number of nitrogens with one attached hydrogen (secondary N) is 2. The topological polar surface area (TPSA) is 71.1 Å². The predicted molar refractivity (Wildman–Crippen MR) is 108 cm³/mol. The Bertz CT molecular complexity index is 971. The summed E-state index contributed by atoms with van der Waals surface area (Å²) in [6.07, 6.45) is 0.846. The van der Waals surface area contributed by atoms with E-state index in [0.717, 1.165) is 17.4 Å². The van der Waals surface area contributed by atoms with Crippen LogP contribution in [0.25, 0.3) is 22.2 Å². The van der Waals surface area contributed by atoms with Gasteiger partial charge >= 0.3 is 0 Å². The quantitative estimate of drug-likeness (QED) is 0.682. The highest BCUT2D eigenvalue weighted by atomic mass is 35.5. The van der Waals surface area contributed by atoms with Crippen LogP contribution in [0.2, 0.25) is 5.02 Å². The number of hydrogen-bond acceptors (Lipinski definition) is 3. The molecule has 5 nitrogen and oxygen atoms in total. The molecule has 0 unspecified atom stereocenters. The van der Waals surface area contributed by atoms with Crippen LogP contribution in [0.1, 0.15) is 23.7 Å². The maximum Gasteiger partial charge on any atom is 0.252 e. The normalized spacial score (nSPS) is 10.6. The highest BCUT2D eigenvalue weighted by Gasteiger charge is 2.14. The lowest BCUT2D eigenvalue weighted by Crippen LogP contribution is -2.37. The van der Waals surface area contributed by atoms with Gasteiger partial charge in [0.25, 0.3) is 5.91 Å². The van der Waals surface area contributed by atoms with Gasteiger partial charge in [0.05, 0.1) is 23.3 Å². The van der Waals surface area contributed by atoms with Crippen molar-refractivity contribution < 1.29 is 9.59 Å². The molecule has 27 heavy (non-hydrogen) atoms. The summed E-state index contributed by atoms with van der Waals surface area (Å²) in [6.45, 7) is 2.50. The number of para-hydroxylation sites is 1. The Morgan fingerprint density at radius 2 is 1.78 bits per heavy atom. The molecule has 0 aliphatic rings. The monoisotopic (exact) mass is 381 g/mol. The molecule has 138 valence electrons. The van der Waals surface area contributed by atoms with Crippen LogP contribution in [0.4, 0.5) is 0 Å². The summed E-state index contributed by atoms with van der Waals surface area (Å²) in [4.78, 5) is 29.2. The van der Waals surface area contributed by atoms with Crippen LogP contribution in [0.5, 0.6) is 0 Å². The molecule has 0 radical (unpaired) electrons. The molecular weight excluding hydrogens is 362 g/mol. The first kappa shape index (κ1) is 18.9. The summed E-state index contributed by atoms with van der Waals surface area (Å²) in [7, 11) is 0. The molecule has 0 bridgehead atoms. The zero-order valence-corrected chi connectivity index (χ0v) is 15.7. The standard InChI is InChI=1S/C21H20ClN3O2/c1-2-11-23-20(26)13-24-21(27)17-12-19(14-7-9-15(22)10-8-14)25-18-6-4-3-5-16(17)18/h3-10,12H,2,11,13H2,1H3,(H,23,26)(H,24,27). The third-order valence-corrected chi connectivity index (χ3v) is 4.33. The van der Waals surface area contributed by atoms with Crippen LogP contribution in [0.15, 0.2) is 54.6 Å². The average molecular weight is 382 g/mol. The van der Waals surface area contributed by atoms with E-state index >= 15 is 0 Å². The van der Waals surface area contributed by atoms with Crippen molar-refractivity contribution in [3.8, 4) is 11.3 Å². The Hall–Kier alpha value is -2.92. The molecule has 0 atom stereocenters. The van der Waals surface area contributed by atoms with E-state index in [-0.39, 0.29) is 18.4 Å². The highest BCUT2D eigenvalue weighted by molar-refractivity contribution is 6.30. The number of halogens is 1. The largest absolute Gasteiger partial charge is 0.355 e. The Morgan fingerprint density at radius 1 is 1.04 bits per heavy atom. The zero-order chi connectivity index (χ0) is 19.2. The summed E-state index contributed by atoms with van der Waals surface area (Å²) in [5.74, 6) is -0.517. The van der Waals surface area contributed by atoms with Gasteiger partial charge in [0, 0.05) is 22.5 Å². The molecule has 3 aromatic rings. The summed E-state index contributed by atoms with van der Waals surface area (Å²) < 4.78 is 0. The number of nitrogens with zero attached hydrogens (tertiary/aromatic N) is 1. The summed E-state index contributed by atoms with van der Waals surface area (Å²) in [6, 6.07) is 16.5. The van der Waals surface area contributed by atoms with Crippen LogP contribution >= 0.6 is 11.6 Å². The molecule has 6 heteroatoms. The Balaban J connectivity index is 1.92. The van der Waals surface area contributed by atoms with Crippen molar-refractivity contribution in [3.63, 3.8) is 0 Å². The van der Waals surface area contributed by atoms with Crippen molar-refractivity contribution in [3.05, 3.63) is 65.2 Å². The van der Waals surface area contributed by atoms with E-state index in [1.807, 2.05) is 43.3 Å². The molecule has 0 spiro atoms. The molecule has 2 N–H and O–H groups in total. The SMILES string of the molecule is CCCNC(=O)CNC(=O)c1cc(-c2ccc(Cl)cc2)nc2ccccc12. The molecule has 1 heterocycles. The molecular formula is C21H20ClN3O2. The second kappa shape index (κ2) is 8.64. The van der Waals surface area contributed by atoms with Crippen molar-refractivity contribution in [1.82, 2.24) is 15.6 Å². The molecule has 2 amide bonds. The van der Waals surface area contributed by atoms with Crippen molar-refractivity contribution in [1.29, 1.82) is 0 Å². The molecule has 0 saturated carbocycles. The number of benzene rings is 2. The van der Waals surface area contributed by atoms with Crippen molar-refractivity contribution in [2.24, 2.45) is 0 Å². The summed E-state index contributed by atoms with van der Waals surface area (Å²) in [5.41, 5.74) is 2.73. The second-order valence-corrected chi connectivity index (χ2v) is 6.55. The van der Waals surface area contributed by atoms with E-state index in [1.54, 1.807) is 18.2 Å². The van der Waals surface area contributed by atoms with Gasteiger partial charge < -0.3 is 10.6 Å². The van der Waals surface area contributed by atoms with Gasteiger partial charge in [-0.2, -0.15) is 0 Å². The fraction of sp³-hybridized carbons (Fsp3) is 0.190. The fourth-order valence-electron chi connectivity index (χ4n) is 2.71. The summed E-state index contributed by atoms with van der Waals surface area (Å²) in [5, 5.41) is 6.80. The zero-order valence-electron chi connectivity index (χ0n) is 15.0. The summed E-state index contributed by atoms with van der Waals surface area (Å²) >= 11 is 5.96. The van der Waals surface area contributed by atoms with Gasteiger partial charge in [0.15, 0.2) is 0 Å². The van der Waals surface area contributed by atoms with Gasteiger partial charge in [-0.1, -0.05) is 48.9 Å². The maximum atomic E-state index is 12.7. The van der Waals surface area contributed by atoms with Crippen molar-refractivity contribution in [2.45, 2.75) is 13.3 Å². The average Bonchev–Trinajstić information content (AvgIpc) is 2.70. The minimum absolute atomic E-state index is 0.0637. The predicted octanol–water partition coefficient (Wildman–Crippen LogP) is 3.81. The smallest absolute Gasteiger partial charge is 0.252 e. The van der Waals surface area contributed by atoms with Crippen molar-refractivity contribution in [2.75, 3.05) is 13.1 Å². The molecule has 3 rings (SSSR count). The minimum atomic E-state index is -0.310. The fourth-order valence-corrected chi connectivity index (χ4v) is 2.84. The lowest BCUT2D eigenvalue weighted by Gasteiger charge is -2.11. The maximum absolute atomic E-state index is 12.7. The van der Waals surface area contributed by atoms with Gasteiger partial charge in [0.1, 0.15) is 0 Å². The van der Waals surface area contributed by atoms with E-state index in [4.69, 9.17) is 11.6 Å². The van der Waals surface area contributed by atoms with Gasteiger partial charge in [-0.15, -0.1) is 0 Å². The number of carbonyl (C=O) groups is 2. The Morgan fingerprint density at radius 3 is 2.52 bits per heavy atom. The first-order valence-electron chi connectivity index (χ1n) is 8.79.